The van der Waals surface area contributed by atoms with Crippen molar-refractivity contribution in [2.24, 2.45) is 0 Å². The van der Waals surface area contributed by atoms with Gasteiger partial charge in [0.2, 0.25) is 0 Å². The second-order valence-corrected chi connectivity index (χ2v) is 5.46. The maximum Gasteiger partial charge on any atom is 0.159 e. The van der Waals surface area contributed by atoms with Gasteiger partial charge in [-0.1, -0.05) is 49.7 Å². The summed E-state index contributed by atoms with van der Waals surface area (Å²) in [4.78, 5) is 0. The molecule has 16 heavy (non-hydrogen) atoms. The van der Waals surface area contributed by atoms with Crippen molar-refractivity contribution in [2.75, 3.05) is 0 Å². The van der Waals surface area contributed by atoms with Gasteiger partial charge in [-0.2, -0.15) is 0 Å². The minimum Gasteiger partial charge on any atom is -0.142 e. The number of nitrogens with zero attached hydrogens (tertiary/aromatic N) is 2. The first-order valence-corrected chi connectivity index (χ1v) is 6.55. The van der Waals surface area contributed by atoms with Gasteiger partial charge in [0, 0.05) is 16.0 Å². The molecular weight excluding hydrogens is 240 g/mol. The van der Waals surface area contributed by atoms with Crippen LogP contribution < -0.4 is 0 Å². The number of hydrogen-bond donors (Lipinski definition) is 0. The predicted octanol–water partition coefficient (Wildman–Crippen LogP) is 4.17. The van der Waals surface area contributed by atoms with E-state index in [2.05, 4.69) is 24.0 Å². The molecule has 1 unspecified atom stereocenters. The lowest BCUT2D eigenvalue weighted by Gasteiger charge is -2.09. The van der Waals surface area contributed by atoms with E-state index in [9.17, 15) is 0 Å². The standard InChI is InChI=1S/C12H13ClN2S/c1-3-8(2)16-12-10-7-5-4-6-9(10)11(13)14-15-12/h4-8H,3H2,1-2H3. The highest BCUT2D eigenvalue weighted by Gasteiger charge is 2.10. The van der Waals surface area contributed by atoms with E-state index in [0.717, 1.165) is 22.2 Å². The molecule has 0 bridgehead atoms. The Morgan fingerprint density at radius 1 is 1.25 bits per heavy atom. The van der Waals surface area contributed by atoms with E-state index < -0.39 is 0 Å². The van der Waals surface area contributed by atoms with E-state index in [-0.39, 0.29) is 0 Å². The summed E-state index contributed by atoms with van der Waals surface area (Å²) in [5, 5.41) is 12.2. The minimum absolute atomic E-state index is 0.476. The zero-order valence-electron chi connectivity index (χ0n) is 9.27. The third kappa shape index (κ3) is 2.30. The molecule has 2 rings (SSSR count). The molecule has 0 fully saturated rings. The topological polar surface area (TPSA) is 25.8 Å². The Bertz CT molecular complexity index is 501. The molecule has 0 aliphatic rings. The molecule has 0 aliphatic heterocycles. The third-order valence-corrected chi connectivity index (χ3v) is 4.04. The van der Waals surface area contributed by atoms with Crippen LogP contribution in [-0.4, -0.2) is 15.4 Å². The highest BCUT2D eigenvalue weighted by molar-refractivity contribution is 8.00. The largest absolute Gasteiger partial charge is 0.159 e. The molecule has 0 radical (unpaired) electrons. The van der Waals surface area contributed by atoms with Crippen molar-refractivity contribution in [1.82, 2.24) is 10.2 Å². The number of hydrogen-bond acceptors (Lipinski definition) is 3. The molecule has 1 heterocycles. The van der Waals surface area contributed by atoms with Crippen LogP contribution in [0.5, 0.6) is 0 Å². The van der Waals surface area contributed by atoms with Crippen LogP contribution in [0.4, 0.5) is 0 Å². The summed E-state index contributed by atoms with van der Waals surface area (Å²) in [5.41, 5.74) is 0. The second-order valence-electron chi connectivity index (χ2n) is 3.68. The van der Waals surface area contributed by atoms with Crippen LogP contribution in [0, 0.1) is 0 Å². The van der Waals surface area contributed by atoms with Crippen molar-refractivity contribution >= 4 is 34.1 Å². The first-order chi connectivity index (χ1) is 7.72. The minimum atomic E-state index is 0.476. The van der Waals surface area contributed by atoms with Gasteiger partial charge in [-0.15, -0.1) is 22.0 Å². The molecule has 1 aromatic heterocycles. The number of halogens is 1. The zero-order chi connectivity index (χ0) is 11.5. The van der Waals surface area contributed by atoms with Gasteiger partial charge < -0.3 is 0 Å². The van der Waals surface area contributed by atoms with Gasteiger partial charge in [-0.25, -0.2) is 0 Å². The van der Waals surface area contributed by atoms with E-state index in [0.29, 0.717) is 10.4 Å². The summed E-state index contributed by atoms with van der Waals surface area (Å²) < 4.78 is 0. The van der Waals surface area contributed by atoms with Gasteiger partial charge in [0.15, 0.2) is 5.15 Å². The first kappa shape index (κ1) is 11.7. The lowest BCUT2D eigenvalue weighted by atomic mass is 10.2. The van der Waals surface area contributed by atoms with Crippen LogP contribution in [0.1, 0.15) is 20.3 Å². The van der Waals surface area contributed by atoms with Gasteiger partial charge in [0.25, 0.3) is 0 Å². The van der Waals surface area contributed by atoms with Gasteiger partial charge >= 0.3 is 0 Å². The monoisotopic (exact) mass is 252 g/mol. The van der Waals surface area contributed by atoms with Crippen molar-refractivity contribution in [3.05, 3.63) is 29.4 Å². The Hall–Kier alpha value is -0.800. The fourth-order valence-electron chi connectivity index (χ4n) is 1.41. The van der Waals surface area contributed by atoms with Crippen molar-refractivity contribution in [1.29, 1.82) is 0 Å². The van der Waals surface area contributed by atoms with Crippen LogP contribution in [-0.2, 0) is 0 Å². The summed E-state index contributed by atoms with van der Waals surface area (Å²) >= 11 is 7.77. The average Bonchev–Trinajstić information content (AvgIpc) is 2.33. The Labute approximate surface area is 104 Å². The normalized spacial score (nSPS) is 12.9. The zero-order valence-corrected chi connectivity index (χ0v) is 10.8. The van der Waals surface area contributed by atoms with E-state index in [4.69, 9.17) is 11.6 Å². The Morgan fingerprint density at radius 3 is 2.62 bits per heavy atom. The summed E-state index contributed by atoms with van der Waals surface area (Å²) in [6, 6.07) is 7.99. The van der Waals surface area contributed by atoms with Crippen LogP contribution in [0.15, 0.2) is 29.3 Å². The lowest BCUT2D eigenvalue weighted by molar-refractivity contribution is 0.891. The summed E-state index contributed by atoms with van der Waals surface area (Å²) in [5.74, 6) is 0. The third-order valence-electron chi connectivity index (χ3n) is 2.50. The van der Waals surface area contributed by atoms with E-state index in [1.807, 2.05) is 24.3 Å². The molecule has 2 nitrogen and oxygen atoms in total. The molecule has 0 saturated carbocycles. The number of rotatable bonds is 3. The second kappa shape index (κ2) is 5.02. The van der Waals surface area contributed by atoms with Crippen molar-refractivity contribution in [3.63, 3.8) is 0 Å². The van der Waals surface area contributed by atoms with E-state index in [1.54, 1.807) is 11.8 Å². The van der Waals surface area contributed by atoms with E-state index >= 15 is 0 Å². The molecule has 0 amide bonds. The highest BCUT2D eigenvalue weighted by atomic mass is 35.5. The Morgan fingerprint density at radius 2 is 1.94 bits per heavy atom. The Balaban J connectivity index is 2.50. The smallest absolute Gasteiger partial charge is 0.142 e. The molecule has 0 aliphatic carbocycles. The molecule has 0 spiro atoms. The molecule has 0 N–H and O–H groups in total. The van der Waals surface area contributed by atoms with Gasteiger partial charge in [-0.3, -0.25) is 0 Å². The fraction of sp³-hybridized carbons (Fsp3) is 0.333. The highest BCUT2D eigenvalue weighted by Crippen LogP contribution is 2.31. The number of thioether (sulfide) groups is 1. The maximum atomic E-state index is 6.02. The van der Waals surface area contributed by atoms with Crippen molar-refractivity contribution in [2.45, 2.75) is 30.5 Å². The van der Waals surface area contributed by atoms with Crippen molar-refractivity contribution < 1.29 is 0 Å². The fourth-order valence-corrected chi connectivity index (χ4v) is 2.55. The summed E-state index contributed by atoms with van der Waals surface area (Å²) in [7, 11) is 0. The SMILES string of the molecule is CCC(C)Sc1nnc(Cl)c2ccccc12. The molecule has 0 saturated heterocycles. The molecule has 84 valence electrons. The maximum absolute atomic E-state index is 6.02. The Kier molecular flexibility index (Phi) is 3.66. The summed E-state index contributed by atoms with van der Waals surface area (Å²) in [6.45, 7) is 4.36. The summed E-state index contributed by atoms with van der Waals surface area (Å²) in [6.07, 6.45) is 1.11. The van der Waals surface area contributed by atoms with Gasteiger partial charge in [0.1, 0.15) is 5.03 Å². The lowest BCUT2D eigenvalue weighted by Crippen LogP contribution is -1.96. The molecule has 4 heteroatoms. The van der Waals surface area contributed by atoms with Crippen LogP contribution >= 0.6 is 23.4 Å². The van der Waals surface area contributed by atoms with Crippen LogP contribution in [0.3, 0.4) is 0 Å². The van der Waals surface area contributed by atoms with Gasteiger partial charge in [0.05, 0.1) is 0 Å². The number of fused-ring (bicyclic) bond motifs is 1. The van der Waals surface area contributed by atoms with E-state index in [1.165, 1.54) is 0 Å². The number of benzene rings is 1. The molecular formula is C12H13ClN2S. The van der Waals surface area contributed by atoms with Crippen molar-refractivity contribution in [3.8, 4) is 0 Å². The number of aromatic nitrogens is 2. The average molecular weight is 253 g/mol. The van der Waals surface area contributed by atoms with Crippen LogP contribution in [0.25, 0.3) is 10.8 Å². The van der Waals surface area contributed by atoms with Gasteiger partial charge in [-0.05, 0) is 6.42 Å². The quantitative estimate of drug-likeness (QED) is 0.767. The molecule has 1 atom stereocenters. The molecule has 1 aromatic carbocycles. The predicted molar refractivity (Wildman–Crippen MR) is 70.2 cm³/mol. The first-order valence-electron chi connectivity index (χ1n) is 5.30. The van der Waals surface area contributed by atoms with Crippen LogP contribution in [0.2, 0.25) is 5.15 Å². The molecule has 2 aromatic rings.